The van der Waals surface area contributed by atoms with Gasteiger partial charge in [0.15, 0.2) is 5.78 Å². The van der Waals surface area contributed by atoms with Crippen LogP contribution in [-0.4, -0.2) is 74.7 Å². The summed E-state index contributed by atoms with van der Waals surface area (Å²) >= 11 is 0. The van der Waals surface area contributed by atoms with Crippen molar-refractivity contribution in [3.63, 3.8) is 0 Å². The van der Waals surface area contributed by atoms with Crippen LogP contribution in [-0.2, 0) is 20.0 Å². The van der Waals surface area contributed by atoms with Gasteiger partial charge in [-0.25, -0.2) is 4.98 Å². The van der Waals surface area contributed by atoms with Crippen molar-refractivity contribution in [2.75, 3.05) is 44.2 Å². The molecule has 0 amide bonds. The van der Waals surface area contributed by atoms with Gasteiger partial charge >= 0.3 is 0 Å². The molecule has 0 atom stereocenters. The number of nitrogens with zero attached hydrogens (tertiary/aromatic N) is 7. The monoisotopic (exact) mass is 550 g/mol. The number of Topliss-reactive ketones (excluding diaryl/α,β-unsaturated/α-hetero) is 1. The molecule has 9 nitrogen and oxygen atoms in total. The quantitative estimate of drug-likeness (QED) is 0.345. The summed E-state index contributed by atoms with van der Waals surface area (Å²) in [6.45, 7) is 7.41. The van der Waals surface area contributed by atoms with E-state index in [0.717, 1.165) is 79.4 Å². The number of piperidine rings is 2. The lowest BCUT2D eigenvalue weighted by Crippen LogP contribution is -2.60. The molecule has 4 aromatic heterocycles. The molecule has 41 heavy (non-hydrogen) atoms. The van der Waals surface area contributed by atoms with Crippen molar-refractivity contribution in [2.45, 2.75) is 45.1 Å². The van der Waals surface area contributed by atoms with Crippen LogP contribution < -0.4 is 10.2 Å². The van der Waals surface area contributed by atoms with Crippen molar-refractivity contribution in [3.8, 4) is 11.1 Å². The molecule has 1 spiro atoms. The van der Waals surface area contributed by atoms with Gasteiger partial charge in [0.2, 0.25) is 0 Å². The number of hydrogen-bond donors (Lipinski definition) is 1. The highest BCUT2D eigenvalue weighted by Crippen LogP contribution is 2.40. The summed E-state index contributed by atoms with van der Waals surface area (Å²) < 4.78 is 1.99. The predicted molar refractivity (Wildman–Crippen MR) is 160 cm³/mol. The van der Waals surface area contributed by atoms with Gasteiger partial charge in [-0.15, -0.1) is 0 Å². The zero-order valence-corrected chi connectivity index (χ0v) is 23.8. The molecule has 9 heteroatoms. The highest BCUT2D eigenvalue weighted by atomic mass is 16.1. The minimum absolute atomic E-state index is 0.0535. The Morgan fingerprint density at radius 1 is 0.976 bits per heavy atom. The van der Waals surface area contributed by atoms with Crippen LogP contribution in [0, 0.1) is 5.41 Å². The van der Waals surface area contributed by atoms with Gasteiger partial charge in [0.1, 0.15) is 5.82 Å². The van der Waals surface area contributed by atoms with Gasteiger partial charge in [-0.3, -0.25) is 24.3 Å². The Morgan fingerprint density at radius 3 is 2.63 bits per heavy atom. The Hall–Kier alpha value is -3.69. The van der Waals surface area contributed by atoms with E-state index in [-0.39, 0.29) is 12.2 Å². The average molecular weight is 551 g/mol. The summed E-state index contributed by atoms with van der Waals surface area (Å²) in [5.41, 5.74) is 6.04. The molecule has 212 valence electrons. The second-order valence-electron chi connectivity index (χ2n) is 12.2. The first kappa shape index (κ1) is 26.2. The smallest absolute Gasteiger partial charge is 0.169 e. The van der Waals surface area contributed by atoms with Crippen molar-refractivity contribution < 1.29 is 4.79 Å². The fourth-order valence-corrected chi connectivity index (χ4v) is 6.77. The summed E-state index contributed by atoms with van der Waals surface area (Å²) in [5.74, 6) is 0.954. The van der Waals surface area contributed by atoms with E-state index in [9.17, 15) is 4.79 Å². The van der Waals surface area contributed by atoms with E-state index in [1.807, 2.05) is 42.3 Å². The van der Waals surface area contributed by atoms with Gasteiger partial charge in [-0.05, 0) is 76.1 Å². The van der Waals surface area contributed by atoms with Gasteiger partial charge in [0.05, 0.1) is 30.0 Å². The van der Waals surface area contributed by atoms with Crippen molar-refractivity contribution in [3.05, 3.63) is 66.0 Å². The van der Waals surface area contributed by atoms with Gasteiger partial charge in [0.25, 0.3) is 0 Å². The first-order valence-corrected chi connectivity index (χ1v) is 15.0. The van der Waals surface area contributed by atoms with Crippen molar-refractivity contribution in [2.24, 2.45) is 12.5 Å². The molecule has 0 unspecified atom stereocenters. The third kappa shape index (κ3) is 5.36. The number of carbonyl (C=O) groups is 1. The van der Waals surface area contributed by atoms with E-state index in [1.54, 1.807) is 12.4 Å². The summed E-state index contributed by atoms with van der Waals surface area (Å²) in [5, 5.41) is 9.02. The fourth-order valence-electron chi connectivity index (χ4n) is 6.77. The maximum absolute atomic E-state index is 13.3. The fraction of sp³-hybridized carbons (Fsp3) is 0.469. The van der Waals surface area contributed by atoms with E-state index in [4.69, 9.17) is 4.98 Å². The highest BCUT2D eigenvalue weighted by molar-refractivity contribution is 5.98. The normalized spacial score (nSPS) is 19.0. The molecule has 0 aromatic carbocycles. The van der Waals surface area contributed by atoms with Crippen LogP contribution in [0.25, 0.3) is 22.0 Å². The second-order valence-corrected chi connectivity index (χ2v) is 12.2. The van der Waals surface area contributed by atoms with Crippen LogP contribution >= 0.6 is 0 Å². The minimum Gasteiger partial charge on any atom is -0.355 e. The molecule has 3 aliphatic rings. The molecule has 3 fully saturated rings. The van der Waals surface area contributed by atoms with Crippen LogP contribution in [0.1, 0.15) is 53.8 Å². The molecular formula is C32H38N8O. The van der Waals surface area contributed by atoms with Crippen molar-refractivity contribution in [1.82, 2.24) is 34.9 Å². The summed E-state index contributed by atoms with van der Waals surface area (Å²) in [7, 11) is 2.02. The lowest BCUT2D eigenvalue weighted by Gasteiger charge is -2.53. The van der Waals surface area contributed by atoms with Crippen LogP contribution in [0.5, 0.6) is 0 Å². The number of aromatic nitrogens is 5. The van der Waals surface area contributed by atoms with Gasteiger partial charge in [-0.1, -0.05) is 6.42 Å². The third-order valence-electron chi connectivity index (χ3n) is 9.27. The molecule has 3 saturated heterocycles. The van der Waals surface area contributed by atoms with Gasteiger partial charge in [0, 0.05) is 72.3 Å². The van der Waals surface area contributed by atoms with Crippen molar-refractivity contribution in [1.29, 1.82) is 0 Å². The largest absolute Gasteiger partial charge is 0.355 e. The molecule has 3 aliphatic heterocycles. The van der Waals surface area contributed by atoms with E-state index >= 15 is 0 Å². The van der Waals surface area contributed by atoms with E-state index < -0.39 is 0 Å². The number of nitrogens with one attached hydrogen (secondary N) is 1. The number of anilines is 1. The first-order valence-electron chi connectivity index (χ1n) is 15.0. The van der Waals surface area contributed by atoms with Gasteiger partial charge < -0.3 is 10.2 Å². The number of hydrogen-bond acceptors (Lipinski definition) is 8. The standard InChI is InChI=1S/C32H38N8O/c1-38-29(20-39-11-3-2-4-12-39)27(18-37-38)25-13-24-14-26(35-19-28(24)36-17-25)16-30(41)23-5-8-34-31(15-23)40-21-32(22-40)6-9-33-10-7-32/h5,8,13-15,17-19,33H,2-4,6-7,9-12,16,20-22H2,1H3. The molecular weight excluding hydrogens is 512 g/mol. The Kier molecular flexibility index (Phi) is 7.00. The Bertz CT molecular complexity index is 1560. The molecule has 0 aliphatic carbocycles. The third-order valence-corrected chi connectivity index (χ3v) is 9.27. The van der Waals surface area contributed by atoms with Gasteiger partial charge in [-0.2, -0.15) is 5.10 Å². The Balaban J connectivity index is 1.07. The summed E-state index contributed by atoms with van der Waals surface area (Å²) in [6, 6.07) is 7.92. The number of pyridine rings is 3. The highest BCUT2D eigenvalue weighted by Gasteiger charge is 2.43. The molecule has 0 bridgehead atoms. The number of ketones is 1. The number of rotatable bonds is 7. The maximum Gasteiger partial charge on any atom is 0.169 e. The Labute approximate surface area is 241 Å². The lowest BCUT2D eigenvalue weighted by molar-refractivity contribution is 0.0992. The molecule has 1 N–H and O–H groups in total. The number of likely N-dealkylation sites (tertiary alicyclic amines) is 1. The van der Waals surface area contributed by atoms with Crippen LogP contribution in [0.2, 0.25) is 0 Å². The lowest BCUT2D eigenvalue weighted by atomic mass is 9.72. The molecule has 4 aromatic rings. The van der Waals surface area contributed by atoms with Crippen LogP contribution in [0.3, 0.4) is 0 Å². The summed E-state index contributed by atoms with van der Waals surface area (Å²) in [4.78, 5) is 32.0. The van der Waals surface area contributed by atoms with Crippen molar-refractivity contribution >= 4 is 22.5 Å². The predicted octanol–water partition coefficient (Wildman–Crippen LogP) is 4.03. The topological polar surface area (TPSA) is 92.1 Å². The average Bonchev–Trinajstić information content (AvgIpc) is 3.36. The van der Waals surface area contributed by atoms with Crippen LogP contribution in [0.15, 0.2) is 49.1 Å². The molecule has 7 rings (SSSR count). The molecule has 0 radical (unpaired) electrons. The van der Waals surface area contributed by atoms with E-state index in [2.05, 4.69) is 36.2 Å². The zero-order chi connectivity index (χ0) is 27.8. The summed E-state index contributed by atoms with van der Waals surface area (Å²) in [6.07, 6.45) is 13.9. The molecule has 0 saturated carbocycles. The molecule has 7 heterocycles. The second kappa shape index (κ2) is 10.9. The minimum atomic E-state index is 0.0535. The van der Waals surface area contributed by atoms with E-state index in [0.29, 0.717) is 11.0 Å². The maximum atomic E-state index is 13.3. The number of aryl methyl sites for hydroxylation is 1. The Morgan fingerprint density at radius 2 is 1.80 bits per heavy atom. The van der Waals surface area contributed by atoms with E-state index in [1.165, 1.54) is 37.8 Å². The number of carbonyl (C=O) groups excluding carboxylic acids is 1. The first-order chi connectivity index (χ1) is 20.1. The SMILES string of the molecule is Cn1ncc(-c2cnc3cnc(CC(=O)c4ccnc(N5CC6(CCNCC6)C5)c4)cc3c2)c1CN1CCCCC1. The number of fused-ring (bicyclic) bond motifs is 1. The van der Waals surface area contributed by atoms with Crippen LogP contribution in [0.4, 0.5) is 5.82 Å². The zero-order valence-electron chi connectivity index (χ0n) is 23.8.